The highest BCUT2D eigenvalue weighted by atomic mass is 16.5. The summed E-state index contributed by atoms with van der Waals surface area (Å²) in [5.74, 6) is 1.24. The average Bonchev–Trinajstić information content (AvgIpc) is 3.16. The Morgan fingerprint density at radius 3 is 2.74 bits per heavy atom. The molecule has 0 bridgehead atoms. The van der Waals surface area contributed by atoms with Gasteiger partial charge in [-0.15, -0.1) is 0 Å². The number of phenolic OH excluding ortho intramolecular Hbond substituents is 1. The summed E-state index contributed by atoms with van der Waals surface area (Å²) in [6.45, 7) is 0. The van der Waals surface area contributed by atoms with Crippen molar-refractivity contribution in [1.29, 1.82) is 0 Å². The summed E-state index contributed by atoms with van der Waals surface area (Å²) < 4.78 is 5.17. The monoisotopic (exact) mass is 364 g/mol. The number of phenols is 1. The van der Waals surface area contributed by atoms with Gasteiger partial charge in [0.2, 0.25) is 0 Å². The molecule has 5 heteroatoms. The Morgan fingerprint density at radius 2 is 2.04 bits per heavy atom. The molecule has 140 valence electrons. The van der Waals surface area contributed by atoms with Gasteiger partial charge in [-0.25, -0.2) is 0 Å². The minimum atomic E-state index is 0.0125. The zero-order valence-corrected chi connectivity index (χ0v) is 15.8. The molecule has 3 unspecified atom stereocenters. The first-order chi connectivity index (χ1) is 13.0. The van der Waals surface area contributed by atoms with Crippen LogP contribution in [-0.2, 0) is 0 Å². The van der Waals surface area contributed by atoms with E-state index in [0.717, 1.165) is 23.2 Å². The molecule has 0 saturated heterocycles. The first-order valence-corrected chi connectivity index (χ1v) is 9.15. The molecule has 1 amide bonds. The Bertz CT molecular complexity index is 920. The topological polar surface area (TPSA) is 61.8 Å². The van der Waals surface area contributed by atoms with E-state index in [4.69, 9.17) is 4.74 Å². The highest BCUT2D eigenvalue weighted by Crippen LogP contribution is 2.50. The number of amides is 1. The number of anilines is 1. The van der Waals surface area contributed by atoms with Crippen LogP contribution >= 0.6 is 0 Å². The molecule has 1 aliphatic carbocycles. The standard InChI is InChI=1S/C22H24N2O3/c1-24(2)22(26)14-7-9-18-17(11-14)15-5-4-6-16(15)21(23-18)13-8-10-20(27-3)19(25)12-13/h4-5,7-12,15-16,21,23,25H,6H2,1-3H3. The minimum absolute atomic E-state index is 0.0125. The quantitative estimate of drug-likeness (QED) is 0.810. The Hall–Kier alpha value is -2.95. The van der Waals surface area contributed by atoms with Crippen LogP contribution in [0.5, 0.6) is 11.5 Å². The Kier molecular flexibility index (Phi) is 4.30. The van der Waals surface area contributed by atoms with Gasteiger partial charge in [0.25, 0.3) is 5.91 Å². The van der Waals surface area contributed by atoms with Gasteiger partial charge < -0.3 is 20.1 Å². The third kappa shape index (κ3) is 2.93. The zero-order chi connectivity index (χ0) is 19.1. The number of hydrogen-bond donors (Lipinski definition) is 2. The predicted octanol–water partition coefficient (Wildman–Crippen LogP) is 3.93. The molecule has 0 fully saturated rings. The Morgan fingerprint density at radius 1 is 1.22 bits per heavy atom. The number of allylic oxidation sites excluding steroid dienone is 2. The van der Waals surface area contributed by atoms with Gasteiger partial charge in [-0.1, -0.05) is 18.2 Å². The number of aromatic hydroxyl groups is 1. The third-order valence-corrected chi connectivity index (χ3v) is 5.58. The van der Waals surface area contributed by atoms with Gasteiger partial charge >= 0.3 is 0 Å². The molecule has 5 nitrogen and oxygen atoms in total. The maximum absolute atomic E-state index is 12.4. The molecule has 0 aromatic heterocycles. The number of methoxy groups -OCH3 is 1. The van der Waals surface area contributed by atoms with Gasteiger partial charge in [0.05, 0.1) is 13.2 Å². The summed E-state index contributed by atoms with van der Waals surface area (Å²) in [6, 6.07) is 11.5. The highest BCUT2D eigenvalue weighted by Gasteiger charge is 2.38. The molecule has 1 heterocycles. The normalized spacial score (nSPS) is 22.6. The van der Waals surface area contributed by atoms with Crippen LogP contribution in [0.25, 0.3) is 0 Å². The van der Waals surface area contributed by atoms with Crippen LogP contribution in [0, 0.1) is 5.92 Å². The molecule has 2 aromatic rings. The van der Waals surface area contributed by atoms with Crippen molar-refractivity contribution in [3.05, 3.63) is 65.2 Å². The number of carbonyl (C=O) groups excluding carboxylic acids is 1. The van der Waals surface area contributed by atoms with E-state index in [0.29, 0.717) is 17.2 Å². The first kappa shape index (κ1) is 17.5. The number of carbonyl (C=O) groups is 1. The van der Waals surface area contributed by atoms with E-state index in [9.17, 15) is 9.90 Å². The fourth-order valence-corrected chi connectivity index (χ4v) is 4.22. The largest absolute Gasteiger partial charge is 0.504 e. The number of rotatable bonds is 3. The van der Waals surface area contributed by atoms with Crippen molar-refractivity contribution in [2.75, 3.05) is 26.5 Å². The molecule has 1 aliphatic heterocycles. The van der Waals surface area contributed by atoms with Crippen LogP contribution in [0.4, 0.5) is 5.69 Å². The minimum Gasteiger partial charge on any atom is -0.504 e. The molecule has 2 aromatic carbocycles. The third-order valence-electron chi connectivity index (χ3n) is 5.58. The molecule has 4 rings (SSSR count). The molecule has 2 aliphatic rings. The number of nitrogens with one attached hydrogen (secondary N) is 1. The van der Waals surface area contributed by atoms with Gasteiger partial charge in [-0.3, -0.25) is 4.79 Å². The maximum Gasteiger partial charge on any atom is 0.253 e. The van der Waals surface area contributed by atoms with E-state index >= 15 is 0 Å². The molecule has 0 saturated carbocycles. The summed E-state index contributed by atoms with van der Waals surface area (Å²) in [5.41, 5.74) is 3.94. The van der Waals surface area contributed by atoms with Crippen molar-refractivity contribution < 1.29 is 14.6 Å². The lowest BCUT2D eigenvalue weighted by molar-refractivity contribution is 0.0827. The lowest BCUT2D eigenvalue weighted by Crippen LogP contribution is -2.29. The predicted molar refractivity (Wildman–Crippen MR) is 105 cm³/mol. The molecule has 27 heavy (non-hydrogen) atoms. The summed E-state index contributed by atoms with van der Waals surface area (Å²) in [7, 11) is 5.09. The van der Waals surface area contributed by atoms with Crippen LogP contribution in [-0.4, -0.2) is 37.1 Å². The number of fused-ring (bicyclic) bond motifs is 3. The van der Waals surface area contributed by atoms with Gasteiger partial charge in [0.1, 0.15) is 0 Å². The first-order valence-electron chi connectivity index (χ1n) is 9.15. The van der Waals surface area contributed by atoms with Crippen molar-refractivity contribution in [2.45, 2.75) is 18.4 Å². The van der Waals surface area contributed by atoms with Gasteiger partial charge in [-0.2, -0.15) is 0 Å². The zero-order valence-electron chi connectivity index (χ0n) is 15.8. The van der Waals surface area contributed by atoms with Crippen molar-refractivity contribution in [3.63, 3.8) is 0 Å². The molecule has 0 spiro atoms. The molecular weight excluding hydrogens is 340 g/mol. The number of ether oxygens (including phenoxy) is 1. The van der Waals surface area contributed by atoms with E-state index < -0.39 is 0 Å². The van der Waals surface area contributed by atoms with Gasteiger partial charge in [-0.05, 0) is 53.8 Å². The van der Waals surface area contributed by atoms with E-state index in [1.165, 1.54) is 0 Å². The summed E-state index contributed by atoms with van der Waals surface area (Å²) >= 11 is 0. The lowest BCUT2D eigenvalue weighted by atomic mass is 9.76. The van der Waals surface area contributed by atoms with Crippen LogP contribution in [0.3, 0.4) is 0 Å². The van der Waals surface area contributed by atoms with Crippen molar-refractivity contribution >= 4 is 11.6 Å². The van der Waals surface area contributed by atoms with E-state index in [1.807, 2.05) is 24.3 Å². The van der Waals surface area contributed by atoms with Crippen molar-refractivity contribution in [1.82, 2.24) is 4.90 Å². The number of benzene rings is 2. The Balaban J connectivity index is 1.72. The highest BCUT2D eigenvalue weighted by molar-refractivity contribution is 5.94. The maximum atomic E-state index is 12.4. The second-order valence-corrected chi connectivity index (χ2v) is 7.41. The second-order valence-electron chi connectivity index (χ2n) is 7.41. The van der Waals surface area contributed by atoms with Crippen LogP contribution in [0.2, 0.25) is 0 Å². The van der Waals surface area contributed by atoms with E-state index in [2.05, 4.69) is 17.5 Å². The SMILES string of the molecule is COc1ccc(C2Nc3ccc(C(=O)N(C)C)cc3C3C=CCC32)cc1O. The second kappa shape index (κ2) is 6.65. The molecular formula is C22H24N2O3. The fourth-order valence-electron chi connectivity index (χ4n) is 4.22. The van der Waals surface area contributed by atoms with E-state index in [-0.39, 0.29) is 23.6 Å². The van der Waals surface area contributed by atoms with Crippen molar-refractivity contribution in [3.8, 4) is 11.5 Å². The number of nitrogens with zero attached hydrogens (tertiary/aromatic N) is 1. The smallest absolute Gasteiger partial charge is 0.253 e. The average molecular weight is 364 g/mol. The van der Waals surface area contributed by atoms with Crippen LogP contribution in [0.1, 0.15) is 39.9 Å². The number of hydrogen-bond acceptors (Lipinski definition) is 4. The van der Waals surface area contributed by atoms with E-state index in [1.54, 1.807) is 38.2 Å². The molecule has 2 N–H and O–H groups in total. The summed E-state index contributed by atoms with van der Waals surface area (Å²) in [5, 5.41) is 13.8. The molecule has 0 radical (unpaired) electrons. The van der Waals surface area contributed by atoms with Crippen LogP contribution < -0.4 is 10.1 Å². The van der Waals surface area contributed by atoms with Gasteiger partial charge in [0.15, 0.2) is 11.5 Å². The van der Waals surface area contributed by atoms with Gasteiger partial charge in [0, 0.05) is 31.3 Å². The lowest BCUT2D eigenvalue weighted by Gasteiger charge is -2.38. The fraction of sp³-hybridized carbons (Fsp3) is 0.318. The summed E-state index contributed by atoms with van der Waals surface area (Å²) in [6.07, 6.45) is 5.41. The molecule has 3 atom stereocenters. The van der Waals surface area contributed by atoms with Crippen molar-refractivity contribution in [2.24, 2.45) is 5.92 Å². The Labute approximate surface area is 159 Å². The summed E-state index contributed by atoms with van der Waals surface area (Å²) in [4.78, 5) is 14.0. The van der Waals surface area contributed by atoms with Crippen LogP contribution in [0.15, 0.2) is 48.6 Å².